The van der Waals surface area contributed by atoms with E-state index in [1.165, 1.54) is 10.5 Å². The van der Waals surface area contributed by atoms with E-state index in [9.17, 15) is 31.1 Å². The third-order valence-corrected chi connectivity index (χ3v) is 11.2. The summed E-state index contributed by atoms with van der Waals surface area (Å²) < 4.78 is 88.0. The summed E-state index contributed by atoms with van der Waals surface area (Å²) in [6.45, 7) is 3.24. The van der Waals surface area contributed by atoms with Gasteiger partial charge in [-0.15, -0.1) is 0 Å². The van der Waals surface area contributed by atoms with Crippen molar-refractivity contribution >= 4 is 29.3 Å². The topological polar surface area (TPSA) is 29.5 Å². The van der Waals surface area contributed by atoms with Gasteiger partial charge in [-0.3, -0.25) is 0 Å². The smallest absolute Gasteiger partial charge is 0.416 e. The van der Waals surface area contributed by atoms with Crippen LogP contribution in [0.3, 0.4) is 0 Å². The summed E-state index contributed by atoms with van der Waals surface area (Å²) in [5.74, 6) is 0. The van der Waals surface area contributed by atoms with Gasteiger partial charge in [0.2, 0.25) is 0 Å². The molecule has 4 aliphatic heterocycles. The summed E-state index contributed by atoms with van der Waals surface area (Å²) in [4.78, 5) is 14.2. The first kappa shape index (κ1) is 35.6. The van der Waals surface area contributed by atoms with Crippen LogP contribution in [0.15, 0.2) is 66.7 Å². The number of carbonyl (C=O) groups excluding carboxylic acids is 1. The third kappa shape index (κ3) is 7.21. The zero-order chi connectivity index (χ0) is 33.0. The average Bonchev–Trinajstić information content (AvgIpc) is 3.03. The SMILES string of the molecule is O=C1OCC(CC[N+]23CCC(c4ccccc4)(CC2)CC3)(c2ccc(Cl)c(Cl)c2)CN1Cc1cc(C(F)(F)F)cc(C(F)(F)F)c1.[Cl-]. The number of rotatable bonds is 7. The Balaban J connectivity index is 0.00000433. The number of fused-ring (bicyclic) bond motifs is 3. The van der Waals surface area contributed by atoms with Crippen molar-refractivity contribution in [3.8, 4) is 0 Å². The first-order valence-electron chi connectivity index (χ1n) is 15.2. The van der Waals surface area contributed by atoms with Crippen molar-refractivity contribution in [2.24, 2.45) is 0 Å². The molecule has 7 rings (SSSR count). The fourth-order valence-corrected chi connectivity index (χ4v) is 7.89. The monoisotopic (exact) mass is 720 g/mol. The van der Waals surface area contributed by atoms with E-state index in [1.54, 1.807) is 18.2 Å². The maximum absolute atomic E-state index is 13.6. The van der Waals surface area contributed by atoms with Crippen LogP contribution in [0, 0.1) is 0 Å². The molecule has 0 N–H and O–H groups in total. The molecule has 4 aliphatic rings. The number of quaternary nitrogens is 1. The number of benzene rings is 3. The van der Waals surface area contributed by atoms with Gasteiger partial charge in [0.1, 0.15) is 6.61 Å². The van der Waals surface area contributed by atoms with Crippen LogP contribution in [0.1, 0.15) is 53.5 Å². The molecule has 1 amide bonds. The molecular weight excluding hydrogens is 689 g/mol. The molecule has 0 spiro atoms. The normalized spacial score (nSPS) is 26.1. The van der Waals surface area contributed by atoms with Gasteiger partial charge in [-0.05, 0) is 47.0 Å². The second kappa shape index (κ2) is 13.0. The first-order valence-corrected chi connectivity index (χ1v) is 15.9. The summed E-state index contributed by atoms with van der Waals surface area (Å²) >= 11 is 12.6. The predicted molar refractivity (Wildman–Crippen MR) is 163 cm³/mol. The van der Waals surface area contributed by atoms with Gasteiger partial charge in [-0.25, -0.2) is 4.79 Å². The second-order valence-corrected chi connectivity index (χ2v) is 13.9. The number of ether oxygens (including phenoxy) is 1. The van der Waals surface area contributed by atoms with E-state index >= 15 is 0 Å². The molecule has 4 heterocycles. The molecule has 47 heavy (non-hydrogen) atoms. The van der Waals surface area contributed by atoms with Gasteiger partial charge in [0.15, 0.2) is 0 Å². The predicted octanol–water partition coefficient (Wildman–Crippen LogP) is 6.27. The number of amides is 1. The van der Waals surface area contributed by atoms with Crippen LogP contribution in [0.2, 0.25) is 10.0 Å². The van der Waals surface area contributed by atoms with Gasteiger partial charge < -0.3 is 26.5 Å². The van der Waals surface area contributed by atoms with E-state index < -0.39 is 41.5 Å². The third-order valence-electron chi connectivity index (χ3n) is 10.4. The summed E-state index contributed by atoms with van der Waals surface area (Å²) in [5, 5.41) is 0.630. The van der Waals surface area contributed by atoms with Gasteiger partial charge in [-0.1, -0.05) is 59.6 Å². The molecule has 4 fully saturated rings. The van der Waals surface area contributed by atoms with Crippen LogP contribution >= 0.6 is 23.2 Å². The molecule has 3 aromatic carbocycles. The van der Waals surface area contributed by atoms with Crippen LogP contribution in [0.4, 0.5) is 31.1 Å². The highest BCUT2D eigenvalue weighted by molar-refractivity contribution is 6.42. The number of hydrogen-bond acceptors (Lipinski definition) is 2. The molecule has 0 saturated carbocycles. The molecule has 1 unspecified atom stereocenters. The lowest BCUT2D eigenvalue weighted by Gasteiger charge is -2.56. The molecule has 0 radical (unpaired) electrons. The standard InChI is InChI=1S/C34H33Cl2F6N2O2.ClH/c35-28-7-6-25(19-29(28)36)32(11-15-44-12-8-31(9-13-44,10-14-44)24-4-2-1-3-5-24)21-43(30(45)46-22-32)20-23-16-26(33(37,38)39)18-27(17-23)34(40,41)42;/h1-7,16-19H,8-15,20-22H2;1H/q+1;/p-1. The molecule has 2 bridgehead atoms. The highest BCUT2D eigenvalue weighted by Gasteiger charge is 2.51. The number of piperidine rings is 3. The molecular formula is C34H33Cl3F6N2O2. The maximum atomic E-state index is 13.6. The molecule has 0 aromatic heterocycles. The molecule has 3 aromatic rings. The Morgan fingerprint density at radius 1 is 0.787 bits per heavy atom. The summed E-state index contributed by atoms with van der Waals surface area (Å²) in [5.41, 5.74) is -1.71. The summed E-state index contributed by atoms with van der Waals surface area (Å²) in [7, 11) is 0. The fraction of sp³-hybridized carbons (Fsp3) is 0.441. The molecule has 1 atom stereocenters. The van der Waals surface area contributed by atoms with Crippen LogP contribution in [0.5, 0.6) is 0 Å². The number of nitrogens with zero attached hydrogens (tertiary/aromatic N) is 2. The Labute approximate surface area is 285 Å². The number of halogens is 9. The van der Waals surface area contributed by atoms with Crippen LogP contribution in [-0.4, -0.2) is 54.8 Å². The lowest BCUT2D eigenvalue weighted by molar-refractivity contribution is -0.944. The lowest BCUT2D eigenvalue weighted by Crippen LogP contribution is -3.00. The van der Waals surface area contributed by atoms with Gasteiger partial charge in [0, 0.05) is 44.2 Å². The van der Waals surface area contributed by atoms with Gasteiger partial charge in [0.05, 0.1) is 52.8 Å². The summed E-state index contributed by atoms with van der Waals surface area (Å²) in [6, 6.07) is 17.1. The van der Waals surface area contributed by atoms with Crippen molar-refractivity contribution in [3.05, 3.63) is 105 Å². The highest BCUT2D eigenvalue weighted by Crippen LogP contribution is 2.47. The zero-order valence-electron chi connectivity index (χ0n) is 25.2. The number of hydrogen-bond donors (Lipinski definition) is 0. The van der Waals surface area contributed by atoms with E-state index in [4.69, 9.17) is 27.9 Å². The van der Waals surface area contributed by atoms with Crippen molar-refractivity contribution in [1.29, 1.82) is 0 Å². The van der Waals surface area contributed by atoms with E-state index in [-0.39, 0.29) is 42.6 Å². The average molecular weight is 722 g/mol. The molecule has 13 heteroatoms. The molecule has 4 saturated heterocycles. The molecule has 254 valence electrons. The van der Waals surface area contributed by atoms with E-state index in [0.717, 1.165) is 55.5 Å². The summed E-state index contributed by atoms with van der Waals surface area (Å²) in [6.07, 6.45) is -7.10. The van der Waals surface area contributed by atoms with Crippen molar-refractivity contribution < 1.29 is 52.8 Å². The van der Waals surface area contributed by atoms with Gasteiger partial charge in [0.25, 0.3) is 0 Å². The minimum Gasteiger partial charge on any atom is -1.00 e. The Hall–Kier alpha value is -2.66. The number of alkyl halides is 6. The fourth-order valence-electron chi connectivity index (χ4n) is 7.59. The lowest BCUT2D eigenvalue weighted by atomic mass is 9.66. The van der Waals surface area contributed by atoms with E-state index in [2.05, 4.69) is 24.3 Å². The van der Waals surface area contributed by atoms with Crippen molar-refractivity contribution in [2.75, 3.05) is 39.3 Å². The van der Waals surface area contributed by atoms with E-state index in [0.29, 0.717) is 28.6 Å². The van der Waals surface area contributed by atoms with Crippen LogP contribution in [0.25, 0.3) is 0 Å². The van der Waals surface area contributed by atoms with Gasteiger partial charge >= 0.3 is 18.4 Å². The number of cyclic esters (lactones) is 1. The largest absolute Gasteiger partial charge is 1.00 e. The Bertz CT molecular complexity index is 1560. The van der Waals surface area contributed by atoms with Gasteiger partial charge in [-0.2, -0.15) is 26.3 Å². The minimum absolute atomic E-state index is 0. The highest BCUT2D eigenvalue weighted by atomic mass is 35.5. The minimum atomic E-state index is -5.00. The van der Waals surface area contributed by atoms with Crippen molar-refractivity contribution in [3.63, 3.8) is 0 Å². The van der Waals surface area contributed by atoms with Crippen molar-refractivity contribution in [2.45, 2.75) is 55.4 Å². The number of carbonyl (C=O) groups is 1. The Morgan fingerprint density at radius 2 is 1.38 bits per heavy atom. The molecule has 4 nitrogen and oxygen atoms in total. The van der Waals surface area contributed by atoms with Crippen LogP contribution < -0.4 is 12.4 Å². The van der Waals surface area contributed by atoms with E-state index in [1.807, 2.05) is 6.07 Å². The van der Waals surface area contributed by atoms with Crippen LogP contribution in [-0.2, 0) is 34.5 Å². The Morgan fingerprint density at radius 3 is 1.94 bits per heavy atom. The maximum Gasteiger partial charge on any atom is 0.416 e. The van der Waals surface area contributed by atoms with Crippen molar-refractivity contribution in [1.82, 2.24) is 4.90 Å². The Kier molecular flexibility index (Phi) is 9.85. The quantitative estimate of drug-likeness (QED) is 0.213. The molecule has 0 aliphatic carbocycles. The second-order valence-electron chi connectivity index (χ2n) is 13.1. The zero-order valence-corrected chi connectivity index (χ0v) is 27.5. The first-order chi connectivity index (χ1) is 21.6.